The molecule has 1 unspecified atom stereocenters. The van der Waals surface area contributed by atoms with Crippen molar-refractivity contribution in [3.05, 3.63) is 76.9 Å². The van der Waals surface area contributed by atoms with Gasteiger partial charge in [0.1, 0.15) is 11.6 Å². The molecule has 4 rings (SSSR count). The zero-order chi connectivity index (χ0) is 22.1. The molecule has 31 heavy (non-hydrogen) atoms. The third kappa shape index (κ3) is 3.63. The zero-order valence-electron chi connectivity index (χ0n) is 17.2. The Bertz CT molecular complexity index is 1150. The summed E-state index contributed by atoms with van der Waals surface area (Å²) in [5.74, 6) is -2.51. The van der Waals surface area contributed by atoms with Crippen LogP contribution in [0, 0.1) is 19.7 Å². The van der Waals surface area contributed by atoms with Crippen LogP contribution in [0.15, 0.2) is 48.6 Å². The van der Waals surface area contributed by atoms with E-state index in [1.54, 1.807) is 38.6 Å². The molecular formula is C22H22FN5O3. The number of ketones is 1. The van der Waals surface area contributed by atoms with Crippen LogP contribution in [-0.2, 0) is 16.1 Å². The maximum absolute atomic E-state index is 14.8. The zero-order valence-corrected chi connectivity index (χ0v) is 17.2. The van der Waals surface area contributed by atoms with E-state index in [-0.39, 0.29) is 23.4 Å². The third-order valence-corrected chi connectivity index (χ3v) is 5.48. The Hall–Kier alpha value is -3.75. The van der Waals surface area contributed by atoms with Gasteiger partial charge >= 0.3 is 0 Å². The first-order chi connectivity index (χ1) is 14.9. The number of carbonyl (C=O) groups is 2. The summed E-state index contributed by atoms with van der Waals surface area (Å²) in [7, 11) is 0. The summed E-state index contributed by atoms with van der Waals surface area (Å²) in [5.41, 5.74) is 1.40. The van der Waals surface area contributed by atoms with Gasteiger partial charge in [0.2, 0.25) is 0 Å². The molecule has 1 saturated heterocycles. The molecule has 2 N–H and O–H groups in total. The maximum Gasteiger partial charge on any atom is 0.295 e. The number of aromatic nitrogens is 4. The second-order valence-corrected chi connectivity index (χ2v) is 7.48. The lowest BCUT2D eigenvalue weighted by Crippen LogP contribution is -2.31. The number of H-pyrrole nitrogens is 1. The van der Waals surface area contributed by atoms with Crippen molar-refractivity contribution in [3.8, 4) is 0 Å². The number of likely N-dealkylation sites (tertiary alicyclic amines) is 1. The van der Waals surface area contributed by atoms with Crippen molar-refractivity contribution in [3.63, 3.8) is 0 Å². The van der Waals surface area contributed by atoms with Gasteiger partial charge in [-0.25, -0.2) is 9.37 Å². The Morgan fingerprint density at radius 3 is 2.65 bits per heavy atom. The van der Waals surface area contributed by atoms with Gasteiger partial charge in [-0.1, -0.05) is 18.2 Å². The Morgan fingerprint density at radius 1 is 1.23 bits per heavy atom. The van der Waals surface area contributed by atoms with E-state index in [4.69, 9.17) is 0 Å². The lowest BCUT2D eigenvalue weighted by molar-refractivity contribution is -0.140. The minimum absolute atomic E-state index is 0.134. The molecule has 3 aromatic rings. The molecule has 1 aliphatic rings. The van der Waals surface area contributed by atoms with Gasteiger partial charge in [0, 0.05) is 36.7 Å². The van der Waals surface area contributed by atoms with E-state index in [2.05, 4.69) is 15.2 Å². The average Bonchev–Trinajstić information content (AvgIpc) is 3.44. The fourth-order valence-corrected chi connectivity index (χ4v) is 4.01. The molecule has 1 aliphatic heterocycles. The summed E-state index contributed by atoms with van der Waals surface area (Å²) in [4.78, 5) is 31.2. The van der Waals surface area contributed by atoms with Gasteiger partial charge in [-0.2, -0.15) is 5.10 Å². The monoisotopic (exact) mass is 423 g/mol. The number of aryl methyl sites for hydroxylation is 3. The van der Waals surface area contributed by atoms with Crippen LogP contribution in [0.5, 0.6) is 0 Å². The SMILES string of the molecule is Cc1n[nH]c(C)c1C(O)=C1C(=O)C(=O)N(CCCn2ccnc2)C1c1ccccc1F. The standard InChI is InChI=1S/C22H22FN5O3/c1-13-17(14(2)26-25-13)20(29)18-19(15-6-3-4-7-16(15)23)28(22(31)21(18)30)10-5-9-27-11-8-24-12-27/h3-4,6-8,11-12,19,29H,5,9-10H2,1-2H3,(H,25,26). The molecule has 0 saturated carbocycles. The summed E-state index contributed by atoms with van der Waals surface area (Å²) >= 11 is 0. The highest BCUT2D eigenvalue weighted by Crippen LogP contribution is 2.41. The van der Waals surface area contributed by atoms with Crippen molar-refractivity contribution in [1.29, 1.82) is 0 Å². The molecule has 3 heterocycles. The van der Waals surface area contributed by atoms with Crippen LogP contribution in [0.1, 0.15) is 35.0 Å². The second-order valence-electron chi connectivity index (χ2n) is 7.48. The number of imidazole rings is 1. The number of hydrogen-bond donors (Lipinski definition) is 2. The first-order valence-corrected chi connectivity index (χ1v) is 9.90. The fourth-order valence-electron chi connectivity index (χ4n) is 4.01. The normalized spacial score (nSPS) is 18.2. The van der Waals surface area contributed by atoms with E-state index in [1.165, 1.54) is 23.1 Å². The van der Waals surface area contributed by atoms with Gasteiger partial charge in [-0.05, 0) is 26.3 Å². The molecule has 1 aromatic carbocycles. The Balaban J connectivity index is 1.78. The number of rotatable bonds is 6. The molecule has 0 aliphatic carbocycles. The van der Waals surface area contributed by atoms with Crippen molar-refractivity contribution in [2.45, 2.75) is 32.9 Å². The molecular weight excluding hydrogens is 401 g/mol. The molecule has 160 valence electrons. The number of Topliss-reactive ketones (excluding diaryl/α,β-unsaturated/α-hetero) is 1. The van der Waals surface area contributed by atoms with Crippen LogP contribution in [0.2, 0.25) is 0 Å². The number of amides is 1. The van der Waals surface area contributed by atoms with Crippen molar-refractivity contribution in [2.24, 2.45) is 0 Å². The Labute approximate surface area is 178 Å². The fraction of sp³-hybridized carbons (Fsp3) is 0.273. The molecule has 1 amide bonds. The lowest BCUT2D eigenvalue weighted by Gasteiger charge is -2.25. The molecule has 0 spiro atoms. The number of nitrogens with one attached hydrogen (secondary N) is 1. The number of aliphatic hydroxyl groups is 1. The van der Waals surface area contributed by atoms with Gasteiger partial charge in [-0.3, -0.25) is 14.7 Å². The molecule has 9 heteroatoms. The van der Waals surface area contributed by atoms with Crippen molar-refractivity contribution >= 4 is 17.4 Å². The first-order valence-electron chi connectivity index (χ1n) is 9.90. The van der Waals surface area contributed by atoms with Crippen LogP contribution in [-0.4, -0.2) is 48.0 Å². The van der Waals surface area contributed by atoms with Gasteiger partial charge in [0.15, 0.2) is 0 Å². The van der Waals surface area contributed by atoms with E-state index < -0.39 is 23.5 Å². The minimum Gasteiger partial charge on any atom is -0.507 e. The number of nitrogens with zero attached hydrogens (tertiary/aromatic N) is 4. The van der Waals surface area contributed by atoms with Crippen LogP contribution >= 0.6 is 0 Å². The molecule has 8 nitrogen and oxygen atoms in total. The average molecular weight is 423 g/mol. The molecule has 2 aromatic heterocycles. The topological polar surface area (TPSA) is 104 Å². The van der Waals surface area contributed by atoms with Crippen molar-refractivity contribution in [1.82, 2.24) is 24.6 Å². The highest BCUT2D eigenvalue weighted by atomic mass is 19.1. The summed E-state index contributed by atoms with van der Waals surface area (Å²) in [6, 6.07) is 4.94. The lowest BCUT2D eigenvalue weighted by atomic mass is 9.94. The number of benzene rings is 1. The second kappa shape index (κ2) is 8.17. The number of aliphatic hydroxyl groups excluding tert-OH is 1. The summed E-state index contributed by atoms with van der Waals surface area (Å²) in [6.07, 6.45) is 5.64. The quantitative estimate of drug-likeness (QED) is 0.360. The van der Waals surface area contributed by atoms with Gasteiger partial charge in [0.25, 0.3) is 11.7 Å². The van der Waals surface area contributed by atoms with Crippen LogP contribution in [0.3, 0.4) is 0 Å². The first kappa shape index (κ1) is 20.5. The van der Waals surface area contributed by atoms with Crippen molar-refractivity contribution in [2.75, 3.05) is 6.54 Å². The highest BCUT2D eigenvalue weighted by Gasteiger charge is 2.47. The summed E-state index contributed by atoms with van der Waals surface area (Å²) < 4.78 is 16.6. The van der Waals surface area contributed by atoms with E-state index in [1.807, 2.05) is 4.57 Å². The van der Waals surface area contributed by atoms with E-state index in [9.17, 15) is 19.1 Å². The molecule has 0 radical (unpaired) electrons. The predicted molar refractivity (Wildman–Crippen MR) is 110 cm³/mol. The van der Waals surface area contributed by atoms with E-state index in [0.29, 0.717) is 29.9 Å². The Kier molecular flexibility index (Phi) is 5.41. The number of halogens is 1. The van der Waals surface area contributed by atoms with Crippen LogP contribution in [0.4, 0.5) is 4.39 Å². The largest absolute Gasteiger partial charge is 0.507 e. The summed E-state index contributed by atoms with van der Waals surface area (Å²) in [6.45, 7) is 4.17. The van der Waals surface area contributed by atoms with Crippen LogP contribution < -0.4 is 0 Å². The van der Waals surface area contributed by atoms with Gasteiger partial charge < -0.3 is 14.6 Å². The highest BCUT2D eigenvalue weighted by molar-refractivity contribution is 6.46. The molecule has 0 bridgehead atoms. The Morgan fingerprint density at radius 2 is 2.00 bits per heavy atom. The van der Waals surface area contributed by atoms with Gasteiger partial charge in [0.05, 0.1) is 29.2 Å². The van der Waals surface area contributed by atoms with Crippen molar-refractivity contribution < 1.29 is 19.1 Å². The number of hydrogen-bond acceptors (Lipinski definition) is 5. The molecule has 1 fully saturated rings. The van der Waals surface area contributed by atoms with Gasteiger partial charge in [-0.15, -0.1) is 0 Å². The maximum atomic E-state index is 14.8. The summed E-state index contributed by atoms with van der Waals surface area (Å²) in [5, 5.41) is 17.9. The van der Waals surface area contributed by atoms with E-state index in [0.717, 1.165) is 0 Å². The number of carbonyl (C=O) groups excluding carboxylic acids is 2. The third-order valence-electron chi connectivity index (χ3n) is 5.48. The predicted octanol–water partition coefficient (Wildman–Crippen LogP) is 2.87. The minimum atomic E-state index is -1.03. The van der Waals surface area contributed by atoms with Crippen LogP contribution in [0.25, 0.3) is 5.76 Å². The smallest absolute Gasteiger partial charge is 0.295 e. The molecule has 1 atom stereocenters. The number of aromatic amines is 1. The van der Waals surface area contributed by atoms with E-state index >= 15 is 0 Å².